The van der Waals surface area contributed by atoms with E-state index in [0.717, 1.165) is 39.8 Å². The largest absolute Gasteiger partial charge is 0.482 e. The molecule has 0 radical (unpaired) electrons. The lowest BCUT2D eigenvalue weighted by atomic mass is 9.90. The molecule has 0 bridgehead atoms. The zero-order valence-electron chi connectivity index (χ0n) is 21.0. The summed E-state index contributed by atoms with van der Waals surface area (Å²) in [6.45, 7) is 3.38. The van der Waals surface area contributed by atoms with Crippen molar-refractivity contribution in [3.63, 3.8) is 0 Å². The SMILES string of the molecule is C/C=C(\C(=C/CC)c1cccc(OCC(=O)O)c1)c1oc(-c2ccccc2)c(-c2ccccc2)c1CO. The Hall–Kier alpha value is -4.35. The highest BCUT2D eigenvalue weighted by molar-refractivity contribution is 6.06. The number of rotatable bonds is 10. The summed E-state index contributed by atoms with van der Waals surface area (Å²) < 4.78 is 12.0. The van der Waals surface area contributed by atoms with Crippen molar-refractivity contribution in [1.29, 1.82) is 0 Å². The zero-order valence-corrected chi connectivity index (χ0v) is 21.0. The molecule has 4 rings (SSSR count). The molecule has 0 atom stereocenters. The summed E-state index contributed by atoms with van der Waals surface area (Å²) in [7, 11) is 0. The Bertz CT molecular complexity index is 1410. The zero-order chi connectivity index (χ0) is 26.2. The van der Waals surface area contributed by atoms with Gasteiger partial charge in [0.25, 0.3) is 0 Å². The number of ether oxygens (including phenoxy) is 1. The topological polar surface area (TPSA) is 79.9 Å². The first kappa shape index (κ1) is 25.7. The van der Waals surface area contributed by atoms with Crippen LogP contribution in [-0.4, -0.2) is 22.8 Å². The van der Waals surface area contributed by atoms with E-state index < -0.39 is 12.6 Å². The highest BCUT2D eigenvalue weighted by Gasteiger charge is 2.26. The van der Waals surface area contributed by atoms with Crippen molar-refractivity contribution in [2.75, 3.05) is 6.61 Å². The normalized spacial score (nSPS) is 12.0. The van der Waals surface area contributed by atoms with Gasteiger partial charge in [0, 0.05) is 22.3 Å². The van der Waals surface area contributed by atoms with Crippen LogP contribution in [0.1, 0.15) is 37.2 Å². The maximum Gasteiger partial charge on any atom is 0.341 e. The van der Waals surface area contributed by atoms with Gasteiger partial charge in [0.1, 0.15) is 17.3 Å². The Labute approximate surface area is 217 Å². The number of furan rings is 1. The predicted molar refractivity (Wildman–Crippen MR) is 147 cm³/mol. The second-order valence-corrected chi connectivity index (χ2v) is 8.44. The van der Waals surface area contributed by atoms with E-state index in [-0.39, 0.29) is 6.61 Å². The minimum Gasteiger partial charge on any atom is -0.482 e. The number of hydrogen-bond acceptors (Lipinski definition) is 4. The van der Waals surface area contributed by atoms with Crippen molar-refractivity contribution in [2.24, 2.45) is 0 Å². The fourth-order valence-electron chi connectivity index (χ4n) is 4.43. The Balaban J connectivity index is 1.89. The van der Waals surface area contributed by atoms with Crippen LogP contribution in [0.25, 0.3) is 33.6 Å². The third-order valence-corrected chi connectivity index (χ3v) is 6.00. The van der Waals surface area contributed by atoms with Crippen molar-refractivity contribution < 1.29 is 24.2 Å². The van der Waals surface area contributed by atoms with Gasteiger partial charge in [-0.3, -0.25) is 0 Å². The highest BCUT2D eigenvalue weighted by Crippen LogP contribution is 2.45. The highest BCUT2D eigenvalue weighted by atomic mass is 16.5. The first-order valence-electron chi connectivity index (χ1n) is 12.3. The molecule has 188 valence electrons. The summed E-state index contributed by atoms with van der Waals surface area (Å²) in [6.07, 6.45) is 4.84. The van der Waals surface area contributed by atoms with Crippen molar-refractivity contribution in [3.8, 4) is 28.2 Å². The summed E-state index contributed by atoms with van der Waals surface area (Å²) in [5, 5.41) is 19.6. The summed E-state index contributed by atoms with van der Waals surface area (Å²) in [5.74, 6) is 0.724. The molecule has 0 fully saturated rings. The van der Waals surface area contributed by atoms with Crippen molar-refractivity contribution in [1.82, 2.24) is 0 Å². The lowest BCUT2D eigenvalue weighted by molar-refractivity contribution is -0.139. The molecule has 1 heterocycles. The summed E-state index contributed by atoms with van der Waals surface area (Å²) >= 11 is 0. The van der Waals surface area contributed by atoms with Crippen LogP contribution in [0.4, 0.5) is 0 Å². The lowest BCUT2D eigenvalue weighted by Crippen LogP contribution is -2.09. The number of hydrogen-bond donors (Lipinski definition) is 2. The molecule has 1 aromatic heterocycles. The van der Waals surface area contributed by atoms with Gasteiger partial charge in [-0.1, -0.05) is 91.9 Å². The average molecular weight is 495 g/mol. The quantitative estimate of drug-likeness (QED) is 0.224. The number of allylic oxidation sites excluding steroid dienone is 4. The maximum absolute atomic E-state index is 11.0. The summed E-state index contributed by atoms with van der Waals surface area (Å²) in [6, 6.07) is 27.2. The molecule has 5 heteroatoms. The van der Waals surface area contributed by atoms with Crippen molar-refractivity contribution in [3.05, 3.63) is 114 Å². The number of benzene rings is 3. The van der Waals surface area contributed by atoms with Gasteiger partial charge in [-0.05, 0) is 42.2 Å². The molecule has 0 spiro atoms. The lowest BCUT2D eigenvalue weighted by Gasteiger charge is -2.14. The minimum atomic E-state index is -1.03. The predicted octanol–water partition coefficient (Wildman–Crippen LogP) is 7.47. The summed E-state index contributed by atoms with van der Waals surface area (Å²) in [5.41, 5.74) is 6.05. The van der Waals surface area contributed by atoms with Gasteiger partial charge in [0.2, 0.25) is 0 Å². The first-order chi connectivity index (χ1) is 18.1. The number of aliphatic hydroxyl groups excluding tert-OH is 1. The molecule has 0 saturated carbocycles. The van der Waals surface area contributed by atoms with E-state index in [1.54, 1.807) is 6.07 Å². The Morgan fingerprint density at radius 2 is 1.59 bits per heavy atom. The minimum absolute atomic E-state index is 0.200. The van der Waals surface area contributed by atoms with Gasteiger partial charge in [-0.25, -0.2) is 4.79 Å². The number of carboxylic acid groups (broad SMARTS) is 1. The van der Waals surface area contributed by atoms with Crippen molar-refractivity contribution >= 4 is 17.1 Å². The number of carbonyl (C=O) groups is 1. The fourth-order valence-corrected chi connectivity index (χ4v) is 4.43. The Morgan fingerprint density at radius 1 is 0.919 bits per heavy atom. The van der Waals surface area contributed by atoms with E-state index in [9.17, 15) is 9.90 Å². The van der Waals surface area contributed by atoms with Crippen molar-refractivity contribution in [2.45, 2.75) is 26.9 Å². The molecule has 0 aliphatic heterocycles. The summed E-state index contributed by atoms with van der Waals surface area (Å²) in [4.78, 5) is 11.0. The van der Waals surface area contributed by atoms with Gasteiger partial charge in [0.05, 0.1) is 6.61 Å². The van der Waals surface area contributed by atoms with E-state index in [1.807, 2.05) is 91.9 Å². The molecule has 3 aromatic carbocycles. The molecule has 5 nitrogen and oxygen atoms in total. The Morgan fingerprint density at radius 3 is 2.19 bits per heavy atom. The van der Waals surface area contributed by atoms with E-state index >= 15 is 0 Å². The van der Waals surface area contributed by atoms with Crippen LogP contribution < -0.4 is 4.74 Å². The second kappa shape index (κ2) is 12.1. The monoisotopic (exact) mass is 494 g/mol. The van der Waals surface area contributed by atoms with Gasteiger partial charge in [-0.15, -0.1) is 0 Å². The molecule has 0 aliphatic rings. The van der Waals surface area contributed by atoms with Crippen LogP contribution in [0, 0.1) is 0 Å². The van der Waals surface area contributed by atoms with Crippen LogP contribution in [-0.2, 0) is 11.4 Å². The van der Waals surface area contributed by atoms with E-state index in [1.165, 1.54) is 0 Å². The molecular weight excluding hydrogens is 464 g/mol. The number of aliphatic carboxylic acids is 1. The molecule has 0 amide bonds. The third kappa shape index (κ3) is 5.74. The molecule has 4 aromatic rings. The smallest absolute Gasteiger partial charge is 0.341 e. The standard InChI is InChI=1S/C32H30O5/c1-3-12-27(24-17-11-18-25(19-24)36-21-29(34)35)26(4-2)32-28(20-33)30(22-13-7-5-8-14-22)31(37-32)23-15-9-6-10-16-23/h4-19,33H,3,20-21H2,1-2H3,(H,34,35)/b26-4+,27-12-. The van der Waals surface area contributed by atoms with Crippen LogP contribution in [0.3, 0.4) is 0 Å². The van der Waals surface area contributed by atoms with Gasteiger partial charge in [-0.2, -0.15) is 0 Å². The number of carboxylic acids is 1. The first-order valence-corrected chi connectivity index (χ1v) is 12.3. The van der Waals surface area contributed by atoms with E-state index in [0.29, 0.717) is 22.8 Å². The molecule has 0 saturated heterocycles. The van der Waals surface area contributed by atoms with Crippen LogP contribution in [0.5, 0.6) is 5.75 Å². The van der Waals surface area contributed by atoms with Gasteiger partial charge < -0.3 is 19.4 Å². The van der Waals surface area contributed by atoms with E-state index in [2.05, 4.69) is 13.0 Å². The maximum atomic E-state index is 11.0. The third-order valence-electron chi connectivity index (χ3n) is 6.00. The molecular formula is C32H30O5. The molecule has 37 heavy (non-hydrogen) atoms. The van der Waals surface area contributed by atoms with Crippen LogP contribution in [0.15, 0.2) is 101 Å². The molecule has 2 N–H and O–H groups in total. The second-order valence-electron chi connectivity index (χ2n) is 8.44. The fraction of sp³-hybridized carbons (Fsp3) is 0.156. The average Bonchev–Trinajstić information content (AvgIpc) is 3.32. The Kier molecular flexibility index (Phi) is 8.39. The molecule has 0 unspecified atom stereocenters. The molecule has 0 aliphatic carbocycles. The number of aliphatic hydroxyl groups is 1. The van der Waals surface area contributed by atoms with Gasteiger partial charge in [0.15, 0.2) is 6.61 Å². The van der Waals surface area contributed by atoms with Crippen LogP contribution >= 0.6 is 0 Å². The van der Waals surface area contributed by atoms with Crippen LogP contribution in [0.2, 0.25) is 0 Å². The van der Waals surface area contributed by atoms with E-state index in [4.69, 9.17) is 14.3 Å². The van der Waals surface area contributed by atoms with Gasteiger partial charge >= 0.3 is 5.97 Å².